The van der Waals surface area contributed by atoms with E-state index in [-0.39, 0.29) is 24.3 Å². The van der Waals surface area contributed by atoms with Crippen molar-refractivity contribution in [3.63, 3.8) is 0 Å². The third kappa shape index (κ3) is 4.39. The Morgan fingerprint density at radius 3 is 2.90 bits per heavy atom. The zero-order chi connectivity index (χ0) is 14.5. The minimum atomic E-state index is -0.117. The summed E-state index contributed by atoms with van der Waals surface area (Å²) in [5.74, 6) is -0.0645. The van der Waals surface area contributed by atoms with E-state index in [1.807, 2.05) is 0 Å². The standard InChI is InChI=1S/C14H16Cl2N2O2/c15-10-5-4-9(12(16)7-10)6-14(20)17-8-11-2-1-3-13(19)18-11/h4-5,7,11H,1-3,6,8H2,(H,17,20)(H,18,19)/t11-/m1/s1. The van der Waals surface area contributed by atoms with Crippen molar-refractivity contribution in [2.75, 3.05) is 6.54 Å². The second-order valence-electron chi connectivity index (χ2n) is 4.87. The molecule has 0 saturated carbocycles. The van der Waals surface area contributed by atoms with Gasteiger partial charge in [-0.3, -0.25) is 9.59 Å². The highest BCUT2D eigenvalue weighted by Gasteiger charge is 2.18. The van der Waals surface area contributed by atoms with Crippen LogP contribution in [0.4, 0.5) is 0 Å². The van der Waals surface area contributed by atoms with Gasteiger partial charge in [-0.25, -0.2) is 0 Å². The number of carbonyl (C=O) groups excluding carboxylic acids is 2. The van der Waals surface area contributed by atoms with Crippen LogP contribution in [0, 0.1) is 0 Å². The molecule has 108 valence electrons. The molecule has 1 fully saturated rings. The summed E-state index contributed by atoms with van der Waals surface area (Å²) in [6, 6.07) is 5.10. The molecule has 0 radical (unpaired) electrons. The first kappa shape index (κ1) is 15.1. The van der Waals surface area contributed by atoms with Crippen LogP contribution in [0.5, 0.6) is 0 Å². The fraction of sp³-hybridized carbons (Fsp3) is 0.429. The molecule has 0 aliphatic carbocycles. The van der Waals surface area contributed by atoms with Gasteiger partial charge in [0.05, 0.1) is 6.42 Å². The van der Waals surface area contributed by atoms with Gasteiger partial charge in [-0.2, -0.15) is 0 Å². The topological polar surface area (TPSA) is 58.2 Å². The Morgan fingerprint density at radius 1 is 1.40 bits per heavy atom. The highest BCUT2D eigenvalue weighted by atomic mass is 35.5. The first-order valence-corrected chi connectivity index (χ1v) is 7.30. The van der Waals surface area contributed by atoms with Gasteiger partial charge >= 0.3 is 0 Å². The summed E-state index contributed by atoms with van der Waals surface area (Å²) in [7, 11) is 0. The second-order valence-corrected chi connectivity index (χ2v) is 5.72. The number of rotatable bonds is 4. The van der Waals surface area contributed by atoms with Gasteiger partial charge in [0.1, 0.15) is 0 Å². The lowest BCUT2D eigenvalue weighted by molar-refractivity contribution is -0.124. The van der Waals surface area contributed by atoms with E-state index in [0.29, 0.717) is 23.0 Å². The van der Waals surface area contributed by atoms with Crippen molar-refractivity contribution in [2.45, 2.75) is 31.7 Å². The highest BCUT2D eigenvalue weighted by Crippen LogP contribution is 2.21. The van der Waals surface area contributed by atoms with E-state index in [1.54, 1.807) is 18.2 Å². The van der Waals surface area contributed by atoms with E-state index in [4.69, 9.17) is 23.2 Å². The number of piperidine rings is 1. The lowest BCUT2D eigenvalue weighted by atomic mass is 10.0. The van der Waals surface area contributed by atoms with Crippen LogP contribution in [0.15, 0.2) is 18.2 Å². The predicted octanol–water partition coefficient (Wildman–Crippen LogP) is 2.32. The normalized spacial score (nSPS) is 18.5. The van der Waals surface area contributed by atoms with Crippen LogP contribution in [0.3, 0.4) is 0 Å². The van der Waals surface area contributed by atoms with Gasteiger partial charge in [-0.1, -0.05) is 29.3 Å². The van der Waals surface area contributed by atoms with Gasteiger partial charge in [0, 0.05) is 29.1 Å². The molecule has 0 unspecified atom stereocenters. The Bertz CT molecular complexity index is 520. The van der Waals surface area contributed by atoms with E-state index in [0.717, 1.165) is 18.4 Å². The third-order valence-corrected chi connectivity index (χ3v) is 3.82. The van der Waals surface area contributed by atoms with Gasteiger partial charge in [-0.05, 0) is 30.5 Å². The summed E-state index contributed by atoms with van der Waals surface area (Å²) in [5, 5.41) is 6.71. The molecule has 2 amide bonds. The van der Waals surface area contributed by atoms with Crippen molar-refractivity contribution in [3.8, 4) is 0 Å². The fourth-order valence-corrected chi connectivity index (χ4v) is 2.65. The smallest absolute Gasteiger partial charge is 0.224 e. The van der Waals surface area contributed by atoms with Crippen LogP contribution < -0.4 is 10.6 Å². The number of benzene rings is 1. The maximum absolute atomic E-state index is 11.9. The molecule has 1 aromatic carbocycles. The molecule has 1 atom stereocenters. The van der Waals surface area contributed by atoms with E-state index >= 15 is 0 Å². The number of amides is 2. The van der Waals surface area contributed by atoms with Crippen molar-refractivity contribution < 1.29 is 9.59 Å². The van der Waals surface area contributed by atoms with Crippen LogP contribution in [0.1, 0.15) is 24.8 Å². The summed E-state index contributed by atoms with van der Waals surface area (Å²) in [5.41, 5.74) is 0.737. The van der Waals surface area contributed by atoms with Crippen molar-refractivity contribution in [2.24, 2.45) is 0 Å². The zero-order valence-corrected chi connectivity index (χ0v) is 12.4. The van der Waals surface area contributed by atoms with E-state index in [2.05, 4.69) is 10.6 Å². The maximum Gasteiger partial charge on any atom is 0.224 e. The van der Waals surface area contributed by atoms with Gasteiger partial charge in [0.25, 0.3) is 0 Å². The second kappa shape index (κ2) is 6.95. The SMILES string of the molecule is O=C(Cc1ccc(Cl)cc1Cl)NC[C@H]1CCCC(=O)N1. The van der Waals surface area contributed by atoms with Crippen LogP contribution in [-0.4, -0.2) is 24.4 Å². The Kier molecular flexibility index (Phi) is 5.26. The van der Waals surface area contributed by atoms with Crippen LogP contribution >= 0.6 is 23.2 Å². The molecule has 0 bridgehead atoms. The van der Waals surface area contributed by atoms with Gasteiger partial charge in [-0.15, -0.1) is 0 Å². The van der Waals surface area contributed by atoms with Crippen LogP contribution in [0.25, 0.3) is 0 Å². The summed E-state index contributed by atoms with van der Waals surface area (Å²) < 4.78 is 0. The van der Waals surface area contributed by atoms with Gasteiger partial charge in [0.2, 0.25) is 11.8 Å². The molecule has 1 aliphatic rings. The lowest BCUT2D eigenvalue weighted by Gasteiger charge is -2.23. The number of halogens is 2. The minimum absolute atomic E-state index is 0.0286. The fourth-order valence-electron chi connectivity index (χ4n) is 2.17. The number of hydrogen-bond donors (Lipinski definition) is 2. The molecule has 6 heteroatoms. The minimum Gasteiger partial charge on any atom is -0.354 e. The molecule has 1 aromatic rings. The maximum atomic E-state index is 11.9. The quantitative estimate of drug-likeness (QED) is 0.896. The Hall–Kier alpha value is -1.26. The third-order valence-electron chi connectivity index (χ3n) is 3.23. The Labute approximate surface area is 127 Å². The lowest BCUT2D eigenvalue weighted by Crippen LogP contribution is -2.46. The molecule has 0 aromatic heterocycles. The predicted molar refractivity (Wildman–Crippen MR) is 79.0 cm³/mol. The van der Waals surface area contributed by atoms with Crippen molar-refractivity contribution in [1.29, 1.82) is 0 Å². The molecule has 20 heavy (non-hydrogen) atoms. The Balaban J connectivity index is 1.81. The molecule has 2 N–H and O–H groups in total. The summed E-state index contributed by atoms with van der Waals surface area (Å²) in [6.07, 6.45) is 2.55. The Morgan fingerprint density at radius 2 is 2.20 bits per heavy atom. The molecule has 1 aliphatic heterocycles. The van der Waals surface area contributed by atoms with Crippen molar-refractivity contribution in [1.82, 2.24) is 10.6 Å². The molecule has 2 rings (SSSR count). The van der Waals surface area contributed by atoms with E-state index < -0.39 is 0 Å². The zero-order valence-electron chi connectivity index (χ0n) is 10.9. The van der Waals surface area contributed by atoms with Crippen LogP contribution in [0.2, 0.25) is 10.0 Å². The number of hydrogen-bond acceptors (Lipinski definition) is 2. The average Bonchev–Trinajstić information content (AvgIpc) is 2.40. The molecule has 1 heterocycles. The number of nitrogens with one attached hydrogen (secondary N) is 2. The first-order valence-electron chi connectivity index (χ1n) is 6.54. The van der Waals surface area contributed by atoms with Gasteiger partial charge < -0.3 is 10.6 Å². The number of carbonyl (C=O) groups is 2. The van der Waals surface area contributed by atoms with Gasteiger partial charge in [0.15, 0.2) is 0 Å². The monoisotopic (exact) mass is 314 g/mol. The van der Waals surface area contributed by atoms with E-state index in [9.17, 15) is 9.59 Å². The molecule has 0 spiro atoms. The largest absolute Gasteiger partial charge is 0.354 e. The molecular weight excluding hydrogens is 299 g/mol. The molecule has 4 nitrogen and oxygen atoms in total. The highest BCUT2D eigenvalue weighted by molar-refractivity contribution is 6.35. The molecule has 1 saturated heterocycles. The van der Waals surface area contributed by atoms with Crippen molar-refractivity contribution in [3.05, 3.63) is 33.8 Å². The average molecular weight is 315 g/mol. The summed E-state index contributed by atoms with van der Waals surface area (Å²) in [6.45, 7) is 0.454. The van der Waals surface area contributed by atoms with E-state index in [1.165, 1.54) is 0 Å². The molecular formula is C14H16Cl2N2O2. The van der Waals surface area contributed by atoms with Crippen molar-refractivity contribution >= 4 is 35.0 Å². The van der Waals surface area contributed by atoms with Crippen LogP contribution in [-0.2, 0) is 16.0 Å². The summed E-state index contributed by atoms with van der Waals surface area (Å²) >= 11 is 11.8. The first-order chi connectivity index (χ1) is 9.54. The summed E-state index contributed by atoms with van der Waals surface area (Å²) in [4.78, 5) is 23.1.